The van der Waals surface area contributed by atoms with Crippen LogP contribution in [0.5, 0.6) is 0 Å². The second-order valence-electron chi connectivity index (χ2n) is 2.75. The molecule has 3 heteroatoms. The highest BCUT2D eigenvalue weighted by Crippen LogP contribution is 2.51. The van der Waals surface area contributed by atoms with Crippen molar-refractivity contribution in [1.82, 2.24) is 0 Å². The fourth-order valence-electron chi connectivity index (χ4n) is 1.24. The van der Waals surface area contributed by atoms with Gasteiger partial charge in [-0.3, -0.25) is 0 Å². The summed E-state index contributed by atoms with van der Waals surface area (Å²) in [5.74, 6) is -2.65. The Morgan fingerprint density at radius 3 is 2.22 bits per heavy atom. The Bertz CT molecular complexity index is 114. The van der Waals surface area contributed by atoms with Gasteiger partial charge in [-0.1, -0.05) is 19.6 Å². The molecule has 1 aliphatic rings. The topological polar surface area (TPSA) is 0 Å². The molecular weight excluding hydrogens is 121 g/mol. The van der Waals surface area contributed by atoms with E-state index in [0.29, 0.717) is 0 Å². The normalized spacial score (nSPS) is 39.6. The lowest BCUT2D eigenvalue weighted by Crippen LogP contribution is -2.43. The van der Waals surface area contributed by atoms with Crippen molar-refractivity contribution in [2.24, 2.45) is 5.92 Å². The zero-order valence-corrected chi connectivity index (χ0v) is 5.70. The molecule has 0 aromatic heterocycles. The monoisotopic (exact) mass is 131 g/mol. The summed E-state index contributed by atoms with van der Waals surface area (Å²) in [6.07, 6.45) is 0.0602. The number of hydrogen-bond donors (Lipinski definition) is 0. The molecule has 0 aromatic carbocycles. The summed E-state index contributed by atoms with van der Waals surface area (Å²) >= 11 is 0. The predicted octanol–water partition coefficient (Wildman–Crippen LogP) is 2.20. The van der Waals surface area contributed by atoms with Gasteiger partial charge >= 0.3 is 0 Å². The van der Waals surface area contributed by atoms with Gasteiger partial charge in [0.25, 0.3) is 0 Å². The Hall–Kier alpha value is -0.0751. The highest BCUT2D eigenvalue weighted by atomic mass is 19.3. The molecule has 1 rings (SSSR count). The molecule has 1 saturated carbocycles. The summed E-state index contributed by atoms with van der Waals surface area (Å²) in [5, 5.41) is 0. The molecule has 0 bridgehead atoms. The van der Waals surface area contributed by atoms with Crippen LogP contribution in [-0.4, -0.2) is 13.2 Å². The molecule has 9 heavy (non-hydrogen) atoms. The van der Waals surface area contributed by atoms with E-state index >= 15 is 0 Å². The van der Waals surface area contributed by atoms with Crippen LogP contribution in [0.25, 0.3) is 0 Å². The first-order chi connectivity index (χ1) is 4.08. The van der Waals surface area contributed by atoms with Gasteiger partial charge in [-0.05, 0) is 0 Å². The number of rotatable bonds is 1. The average molecular weight is 131 g/mol. The first-order valence-electron chi connectivity index (χ1n) is 3.25. The van der Waals surface area contributed by atoms with Crippen molar-refractivity contribution in [3.05, 3.63) is 0 Å². The average Bonchev–Trinajstić information content (AvgIpc) is 1.82. The van der Waals surface area contributed by atoms with Crippen molar-refractivity contribution in [2.45, 2.75) is 31.9 Å². The number of alkyl halides is 2. The molecule has 0 aliphatic heterocycles. The fourth-order valence-corrected chi connectivity index (χ4v) is 1.24. The van der Waals surface area contributed by atoms with Crippen LogP contribution in [0.3, 0.4) is 0 Å². The summed E-state index contributed by atoms with van der Waals surface area (Å²) in [4.78, 5) is 0. The molecule has 1 fully saturated rings. The highest BCUT2D eigenvalue weighted by molar-refractivity contribution is 6.36. The molecule has 51 valence electrons. The van der Waals surface area contributed by atoms with Gasteiger partial charge in [0.2, 0.25) is 5.92 Å². The van der Waals surface area contributed by atoms with Crippen LogP contribution in [0.15, 0.2) is 0 Å². The first kappa shape index (κ1) is 7.04. The SMILES string of the molecule is C[B]C1CC(F)(F)C1C. The Balaban J connectivity index is 2.41. The quantitative estimate of drug-likeness (QED) is 0.478. The van der Waals surface area contributed by atoms with Crippen molar-refractivity contribution in [3.63, 3.8) is 0 Å². The van der Waals surface area contributed by atoms with Crippen LogP contribution >= 0.6 is 0 Å². The lowest BCUT2D eigenvalue weighted by molar-refractivity contribution is -0.123. The third-order valence-corrected chi connectivity index (χ3v) is 2.24. The van der Waals surface area contributed by atoms with Crippen LogP contribution in [0.2, 0.25) is 12.6 Å². The molecule has 0 spiro atoms. The van der Waals surface area contributed by atoms with Crippen molar-refractivity contribution in [3.8, 4) is 0 Å². The van der Waals surface area contributed by atoms with Gasteiger partial charge in [0.05, 0.1) is 0 Å². The Morgan fingerprint density at radius 1 is 1.56 bits per heavy atom. The smallest absolute Gasteiger partial charge is 0.207 e. The molecule has 0 amide bonds. The standard InChI is InChI=1S/C6H10BF2/c1-4-5(7-2)3-6(4,8)9/h4-5H,3H2,1-2H3. The van der Waals surface area contributed by atoms with Gasteiger partial charge in [-0.2, -0.15) is 0 Å². The lowest BCUT2D eigenvalue weighted by atomic mass is 9.50. The van der Waals surface area contributed by atoms with Crippen molar-refractivity contribution >= 4 is 7.28 Å². The molecule has 0 nitrogen and oxygen atoms in total. The van der Waals surface area contributed by atoms with Crippen molar-refractivity contribution in [1.29, 1.82) is 0 Å². The van der Waals surface area contributed by atoms with E-state index < -0.39 is 11.8 Å². The van der Waals surface area contributed by atoms with E-state index in [1.54, 1.807) is 6.92 Å². The predicted molar refractivity (Wildman–Crippen MR) is 34.1 cm³/mol. The van der Waals surface area contributed by atoms with Gasteiger partial charge in [-0.15, -0.1) is 0 Å². The van der Waals surface area contributed by atoms with Gasteiger partial charge in [0.1, 0.15) is 7.28 Å². The molecule has 0 saturated heterocycles. The van der Waals surface area contributed by atoms with E-state index in [9.17, 15) is 8.78 Å². The van der Waals surface area contributed by atoms with Crippen LogP contribution in [-0.2, 0) is 0 Å². The Labute approximate surface area is 54.9 Å². The van der Waals surface area contributed by atoms with E-state index in [4.69, 9.17) is 0 Å². The Morgan fingerprint density at radius 2 is 2.11 bits per heavy atom. The van der Waals surface area contributed by atoms with Crippen LogP contribution in [0.4, 0.5) is 8.78 Å². The van der Waals surface area contributed by atoms with Crippen molar-refractivity contribution in [2.75, 3.05) is 0 Å². The molecule has 1 aliphatic carbocycles. The van der Waals surface area contributed by atoms with Crippen LogP contribution in [0.1, 0.15) is 13.3 Å². The highest BCUT2D eigenvalue weighted by Gasteiger charge is 2.51. The largest absolute Gasteiger partial charge is 0.249 e. The van der Waals surface area contributed by atoms with E-state index in [2.05, 4.69) is 0 Å². The number of halogens is 2. The maximum absolute atomic E-state index is 12.3. The molecule has 0 heterocycles. The summed E-state index contributed by atoms with van der Waals surface area (Å²) in [5.41, 5.74) is 0. The molecular formula is C6H10BF2. The molecule has 2 unspecified atom stereocenters. The maximum atomic E-state index is 12.3. The lowest BCUT2D eigenvalue weighted by Gasteiger charge is -2.42. The minimum atomic E-state index is -2.38. The van der Waals surface area contributed by atoms with Crippen LogP contribution < -0.4 is 0 Å². The van der Waals surface area contributed by atoms with Gasteiger partial charge in [0.15, 0.2) is 0 Å². The summed E-state index contributed by atoms with van der Waals surface area (Å²) in [6.45, 7) is 3.45. The second kappa shape index (κ2) is 1.96. The van der Waals surface area contributed by atoms with Gasteiger partial charge in [-0.25, -0.2) is 8.78 Å². The second-order valence-corrected chi connectivity index (χ2v) is 2.75. The zero-order chi connectivity index (χ0) is 7.07. The molecule has 2 atom stereocenters. The molecule has 0 aromatic rings. The fraction of sp³-hybridized carbons (Fsp3) is 1.00. The third-order valence-electron chi connectivity index (χ3n) is 2.24. The van der Waals surface area contributed by atoms with Gasteiger partial charge < -0.3 is 0 Å². The van der Waals surface area contributed by atoms with Gasteiger partial charge in [0, 0.05) is 12.3 Å². The number of hydrogen-bond acceptors (Lipinski definition) is 0. The van der Waals surface area contributed by atoms with E-state index in [1.807, 2.05) is 14.1 Å². The zero-order valence-electron chi connectivity index (χ0n) is 5.70. The van der Waals surface area contributed by atoms with Crippen LogP contribution in [0, 0.1) is 5.92 Å². The minimum Gasteiger partial charge on any atom is -0.207 e. The summed E-state index contributed by atoms with van der Waals surface area (Å²) in [7, 11) is 1.86. The van der Waals surface area contributed by atoms with E-state index in [1.165, 1.54) is 0 Å². The summed E-state index contributed by atoms with van der Waals surface area (Å²) < 4.78 is 24.7. The minimum absolute atomic E-state index is 0.0602. The Kier molecular flexibility index (Phi) is 1.53. The van der Waals surface area contributed by atoms with E-state index in [0.717, 1.165) is 0 Å². The molecule has 1 radical (unpaired) electrons. The first-order valence-corrected chi connectivity index (χ1v) is 3.25. The van der Waals surface area contributed by atoms with Crippen molar-refractivity contribution < 1.29 is 8.78 Å². The maximum Gasteiger partial charge on any atom is 0.249 e. The summed E-state index contributed by atoms with van der Waals surface area (Å²) in [6, 6.07) is 0. The van der Waals surface area contributed by atoms with E-state index in [-0.39, 0.29) is 12.2 Å². The third kappa shape index (κ3) is 0.971. The molecule has 0 N–H and O–H groups in total.